The number of ether oxygens (including phenoxy) is 1. The largest absolute Gasteiger partial charge is 0.494 e. The van der Waals surface area contributed by atoms with Crippen molar-refractivity contribution in [2.75, 3.05) is 24.7 Å². The fraction of sp³-hybridized carbons (Fsp3) is 0.364. The molecule has 0 aromatic carbocycles. The quantitative estimate of drug-likeness (QED) is 0.475. The maximum absolute atomic E-state index is 13.5. The molecule has 180 valence electrons. The summed E-state index contributed by atoms with van der Waals surface area (Å²) in [5.74, 6) is -3.20. The Morgan fingerprint density at radius 2 is 2.06 bits per heavy atom. The molecule has 12 heteroatoms. The summed E-state index contributed by atoms with van der Waals surface area (Å²) in [6, 6.07) is 2.58. The highest BCUT2D eigenvalue weighted by molar-refractivity contribution is 6.02. The zero-order valence-electron chi connectivity index (χ0n) is 21.2. The smallest absolute Gasteiger partial charge is 0.395 e. The van der Waals surface area contributed by atoms with Crippen LogP contribution in [-0.4, -0.2) is 46.7 Å². The molecule has 0 spiro atoms. The molecule has 34 heavy (non-hydrogen) atoms. The standard InChI is InChI=1S/C22H23F3N6O3/c1-11(22(23,24)25)13-6-7-31-18(19(13)34-3)16(10-28-31)29-15-8-17(30-20(32)12-4-5-12)27-9-14(15)21(33)26-2/h6-12H,4-5H2,1-3H3,(H,26,33)(H2,27,29,30,32)/t11-/m0/s1/i2D3. The molecule has 1 aliphatic rings. The summed E-state index contributed by atoms with van der Waals surface area (Å²) in [5, 5.41) is 11.6. The molecule has 1 aliphatic carbocycles. The van der Waals surface area contributed by atoms with E-state index in [2.05, 4.69) is 20.7 Å². The van der Waals surface area contributed by atoms with Gasteiger partial charge in [0, 0.05) is 41.0 Å². The molecule has 3 N–H and O–H groups in total. The van der Waals surface area contributed by atoms with Crippen LogP contribution in [0.15, 0.2) is 30.7 Å². The van der Waals surface area contributed by atoms with Gasteiger partial charge >= 0.3 is 6.18 Å². The summed E-state index contributed by atoms with van der Waals surface area (Å²) < 4.78 is 69.1. The number of methoxy groups -OCH3 is 1. The lowest BCUT2D eigenvalue weighted by Crippen LogP contribution is -2.20. The van der Waals surface area contributed by atoms with Crippen molar-refractivity contribution in [3.05, 3.63) is 41.9 Å². The second-order valence-corrected chi connectivity index (χ2v) is 7.88. The van der Waals surface area contributed by atoms with E-state index in [0.29, 0.717) is 0 Å². The number of carbonyl (C=O) groups is 2. The van der Waals surface area contributed by atoms with Crippen LogP contribution in [0, 0.1) is 5.92 Å². The van der Waals surface area contributed by atoms with Crippen LogP contribution in [0.3, 0.4) is 0 Å². The highest BCUT2D eigenvalue weighted by Gasteiger charge is 2.39. The lowest BCUT2D eigenvalue weighted by molar-refractivity contribution is -0.146. The van der Waals surface area contributed by atoms with Crippen molar-refractivity contribution < 1.29 is 31.6 Å². The van der Waals surface area contributed by atoms with Crippen LogP contribution in [0.1, 0.15) is 45.7 Å². The summed E-state index contributed by atoms with van der Waals surface area (Å²) in [4.78, 5) is 28.9. The summed E-state index contributed by atoms with van der Waals surface area (Å²) in [5.41, 5.74) is 0.0478. The molecule has 0 radical (unpaired) electrons. The molecule has 0 aliphatic heterocycles. The van der Waals surface area contributed by atoms with Gasteiger partial charge in [0.05, 0.1) is 36.2 Å². The summed E-state index contributed by atoms with van der Waals surface area (Å²) >= 11 is 0. The van der Waals surface area contributed by atoms with Crippen molar-refractivity contribution in [1.82, 2.24) is 19.9 Å². The SMILES string of the molecule is [2H]C([2H])([2H])NC(=O)c1cnc(NC(=O)C2CC2)cc1Nc1cnn2ccc([C@H](C)C(F)(F)F)c(OC)c12. The number of alkyl halides is 3. The molecule has 1 saturated carbocycles. The van der Waals surface area contributed by atoms with Crippen LogP contribution in [-0.2, 0) is 4.79 Å². The molecule has 4 rings (SSSR count). The minimum atomic E-state index is -4.53. The first kappa shape index (κ1) is 19.6. The Labute approximate surface area is 196 Å². The molecule has 0 unspecified atom stereocenters. The zero-order chi connectivity index (χ0) is 27.1. The Balaban J connectivity index is 1.78. The molecular formula is C22H23F3N6O3. The number of amides is 2. The average molecular weight is 479 g/mol. The van der Waals surface area contributed by atoms with E-state index in [1.165, 1.54) is 36.2 Å². The van der Waals surface area contributed by atoms with E-state index < -0.39 is 25.0 Å². The van der Waals surface area contributed by atoms with Gasteiger partial charge in [-0.3, -0.25) is 9.59 Å². The first-order valence-electron chi connectivity index (χ1n) is 11.8. The van der Waals surface area contributed by atoms with Crippen LogP contribution < -0.4 is 20.7 Å². The summed E-state index contributed by atoms with van der Waals surface area (Å²) in [6.45, 7) is -1.78. The lowest BCUT2D eigenvalue weighted by atomic mass is 10.00. The first-order valence-corrected chi connectivity index (χ1v) is 10.3. The number of carbonyl (C=O) groups excluding carboxylic acids is 2. The Bertz CT molecular complexity index is 1360. The molecule has 9 nitrogen and oxygen atoms in total. The predicted molar refractivity (Wildman–Crippen MR) is 118 cm³/mol. The molecule has 3 heterocycles. The predicted octanol–water partition coefficient (Wildman–Crippen LogP) is 3.86. The van der Waals surface area contributed by atoms with Crippen molar-refractivity contribution in [3.8, 4) is 5.75 Å². The van der Waals surface area contributed by atoms with E-state index in [4.69, 9.17) is 8.85 Å². The molecule has 1 atom stereocenters. The van der Waals surface area contributed by atoms with Crippen molar-refractivity contribution in [2.45, 2.75) is 31.9 Å². The van der Waals surface area contributed by atoms with Crippen LogP contribution in [0.4, 0.5) is 30.4 Å². The highest BCUT2D eigenvalue weighted by Crippen LogP contribution is 2.42. The van der Waals surface area contributed by atoms with Crippen molar-refractivity contribution in [1.29, 1.82) is 0 Å². The summed E-state index contributed by atoms with van der Waals surface area (Å²) in [7, 11) is 1.23. The monoisotopic (exact) mass is 479 g/mol. The number of hydrogen-bond acceptors (Lipinski definition) is 6. The van der Waals surface area contributed by atoms with Gasteiger partial charge in [-0.25, -0.2) is 9.50 Å². The number of pyridine rings is 2. The van der Waals surface area contributed by atoms with E-state index in [1.807, 2.05) is 5.32 Å². The van der Waals surface area contributed by atoms with Gasteiger partial charge in [0.2, 0.25) is 5.91 Å². The Morgan fingerprint density at radius 1 is 1.29 bits per heavy atom. The molecule has 2 amide bonds. The maximum atomic E-state index is 13.5. The fourth-order valence-corrected chi connectivity index (χ4v) is 3.48. The second-order valence-electron chi connectivity index (χ2n) is 7.88. The third-order valence-corrected chi connectivity index (χ3v) is 5.56. The summed E-state index contributed by atoms with van der Waals surface area (Å²) in [6.07, 6.45) is 0.713. The second kappa shape index (κ2) is 8.84. The van der Waals surface area contributed by atoms with Crippen molar-refractivity contribution >= 4 is 34.5 Å². The Morgan fingerprint density at radius 3 is 2.71 bits per heavy atom. The minimum absolute atomic E-state index is 0.0362. The lowest BCUT2D eigenvalue weighted by Gasteiger charge is -2.20. The van der Waals surface area contributed by atoms with Crippen LogP contribution in [0.25, 0.3) is 5.52 Å². The van der Waals surface area contributed by atoms with Crippen molar-refractivity contribution in [3.63, 3.8) is 0 Å². The fourth-order valence-electron chi connectivity index (χ4n) is 3.48. The number of fused-ring (bicyclic) bond motifs is 1. The van der Waals surface area contributed by atoms with E-state index in [0.717, 1.165) is 26.0 Å². The normalized spacial score (nSPS) is 16.2. The Kier molecular flexibility index (Phi) is 5.10. The Hall–Kier alpha value is -3.83. The first-order chi connectivity index (χ1) is 17.3. The number of nitrogens with one attached hydrogen (secondary N) is 3. The molecular weight excluding hydrogens is 453 g/mol. The van der Waals surface area contributed by atoms with Crippen LogP contribution in [0.2, 0.25) is 0 Å². The number of halogens is 3. The van der Waals surface area contributed by atoms with Gasteiger partial charge < -0.3 is 20.7 Å². The minimum Gasteiger partial charge on any atom is -0.494 e. The third kappa shape index (κ3) is 4.47. The number of hydrogen-bond donors (Lipinski definition) is 3. The van der Waals surface area contributed by atoms with E-state index in [9.17, 15) is 22.8 Å². The average Bonchev–Trinajstić information content (AvgIpc) is 3.58. The number of aromatic nitrogens is 3. The maximum Gasteiger partial charge on any atom is 0.395 e. The van der Waals surface area contributed by atoms with Gasteiger partial charge in [0.15, 0.2) is 5.75 Å². The van der Waals surface area contributed by atoms with Gasteiger partial charge in [-0.05, 0) is 25.8 Å². The van der Waals surface area contributed by atoms with Gasteiger partial charge in [-0.2, -0.15) is 18.3 Å². The van der Waals surface area contributed by atoms with Crippen LogP contribution in [0.5, 0.6) is 5.75 Å². The zero-order valence-corrected chi connectivity index (χ0v) is 18.2. The van der Waals surface area contributed by atoms with Gasteiger partial charge in [-0.15, -0.1) is 0 Å². The van der Waals surface area contributed by atoms with Crippen molar-refractivity contribution in [2.24, 2.45) is 5.92 Å². The highest BCUT2D eigenvalue weighted by atomic mass is 19.4. The topological polar surface area (TPSA) is 110 Å². The molecule has 0 bridgehead atoms. The molecule has 3 aromatic rings. The number of rotatable bonds is 7. The van der Waals surface area contributed by atoms with Crippen LogP contribution >= 0.6 is 0 Å². The van der Waals surface area contributed by atoms with E-state index >= 15 is 0 Å². The third-order valence-electron chi connectivity index (χ3n) is 5.56. The van der Waals surface area contributed by atoms with Gasteiger partial charge in [0.25, 0.3) is 5.91 Å². The number of nitrogens with zero attached hydrogens (tertiary/aromatic N) is 3. The number of anilines is 3. The van der Waals surface area contributed by atoms with Gasteiger partial charge in [-0.1, -0.05) is 0 Å². The van der Waals surface area contributed by atoms with E-state index in [1.54, 1.807) is 0 Å². The van der Waals surface area contributed by atoms with E-state index in [-0.39, 0.29) is 51.4 Å². The molecule has 0 saturated heterocycles. The molecule has 1 fully saturated rings. The molecule has 3 aromatic heterocycles. The van der Waals surface area contributed by atoms with Gasteiger partial charge in [0.1, 0.15) is 11.3 Å².